The number of nitrogens with zero attached hydrogens (tertiary/aromatic N) is 1. The van der Waals surface area contributed by atoms with Crippen LogP contribution in [0.4, 0.5) is 4.39 Å². The number of halogens is 1. The van der Waals surface area contributed by atoms with Crippen molar-refractivity contribution in [1.82, 2.24) is 4.98 Å². The number of hydrogen-bond acceptors (Lipinski definition) is 2. The van der Waals surface area contributed by atoms with Crippen molar-refractivity contribution in [2.24, 2.45) is 0 Å². The number of carbonyl (C=O) groups excluding carboxylic acids is 1. The first-order chi connectivity index (χ1) is 7.81. The van der Waals surface area contributed by atoms with E-state index >= 15 is 0 Å². The van der Waals surface area contributed by atoms with E-state index in [1.165, 1.54) is 0 Å². The maximum atomic E-state index is 12.4. The van der Waals surface area contributed by atoms with Crippen molar-refractivity contribution in [3.05, 3.63) is 65.5 Å². The Kier molecular flexibility index (Phi) is 5.13. The van der Waals surface area contributed by atoms with Crippen molar-refractivity contribution >= 4 is 5.78 Å². The van der Waals surface area contributed by atoms with Gasteiger partial charge in [0, 0.05) is 20.1 Å². The zero-order chi connectivity index (χ0) is 11.4. The van der Waals surface area contributed by atoms with Gasteiger partial charge < -0.3 is 4.79 Å². The summed E-state index contributed by atoms with van der Waals surface area (Å²) in [7, 11) is 0. The number of pyridine rings is 1. The molecule has 0 atom stereocenters. The minimum atomic E-state index is -0.667. The van der Waals surface area contributed by atoms with E-state index in [2.05, 4.69) is 11.1 Å². The van der Waals surface area contributed by atoms with Crippen molar-refractivity contribution in [3.63, 3.8) is 0 Å². The Morgan fingerprint density at radius 1 is 1.24 bits per heavy atom. The molecule has 0 unspecified atom stereocenters. The normalized spacial score (nSPS) is 9.47. The number of rotatable bonds is 3. The average Bonchev–Trinajstić information content (AvgIpc) is 2.39. The molecule has 0 aliphatic carbocycles. The van der Waals surface area contributed by atoms with Crippen molar-refractivity contribution in [2.75, 3.05) is 0 Å². The molecule has 89 valence electrons. The van der Waals surface area contributed by atoms with Crippen LogP contribution in [0, 0.1) is 6.07 Å². The third kappa shape index (κ3) is 3.29. The van der Waals surface area contributed by atoms with Gasteiger partial charge in [-0.3, -0.25) is 4.98 Å². The molecule has 2 rings (SSSR count). The van der Waals surface area contributed by atoms with Crippen LogP contribution in [0.3, 0.4) is 0 Å². The number of benzene rings is 1. The monoisotopic (exact) mass is 407 g/mol. The third-order valence-electron chi connectivity index (χ3n) is 2.13. The maximum absolute atomic E-state index is 12.4. The Morgan fingerprint density at radius 3 is 2.71 bits per heavy atom. The van der Waals surface area contributed by atoms with Crippen LogP contribution < -0.4 is 0 Å². The Morgan fingerprint density at radius 2 is 2.06 bits per heavy atom. The molecule has 17 heavy (non-hydrogen) atoms. The zero-order valence-electron chi connectivity index (χ0n) is 8.82. The molecule has 0 aliphatic rings. The molecule has 0 aliphatic heterocycles. The number of carbonyl (C=O) groups is 1. The van der Waals surface area contributed by atoms with Crippen LogP contribution in [0.2, 0.25) is 0 Å². The van der Waals surface area contributed by atoms with E-state index < -0.39 is 6.67 Å². The van der Waals surface area contributed by atoms with Gasteiger partial charge in [0.2, 0.25) is 0 Å². The van der Waals surface area contributed by atoms with Crippen LogP contribution in [0.15, 0.2) is 42.5 Å². The van der Waals surface area contributed by atoms with E-state index in [1.54, 1.807) is 42.5 Å². The number of hydrogen-bond donors (Lipinski definition) is 0. The Bertz CT molecular complexity index is 502. The average molecular weight is 406 g/mol. The molecule has 0 saturated heterocycles. The first-order valence-corrected chi connectivity index (χ1v) is 4.84. The standard InChI is InChI=1S/C13H9FNO.Ir/c14-9-11-7-4-8-12(15-11)13(16)10-5-2-1-3-6-10;/h1-5,7-8H,9H2;/q-1;. The first-order valence-electron chi connectivity index (χ1n) is 4.84. The molecule has 1 radical (unpaired) electrons. The van der Waals surface area contributed by atoms with Crippen molar-refractivity contribution in [1.29, 1.82) is 0 Å². The van der Waals surface area contributed by atoms with Gasteiger partial charge in [-0.15, -0.1) is 35.9 Å². The van der Waals surface area contributed by atoms with Crippen molar-refractivity contribution in [2.45, 2.75) is 6.67 Å². The molecule has 1 heterocycles. The van der Waals surface area contributed by atoms with E-state index in [0.29, 0.717) is 5.56 Å². The van der Waals surface area contributed by atoms with Gasteiger partial charge in [0.25, 0.3) is 0 Å². The van der Waals surface area contributed by atoms with E-state index in [-0.39, 0.29) is 37.3 Å². The van der Waals surface area contributed by atoms with Crippen LogP contribution in [0.25, 0.3) is 0 Å². The topological polar surface area (TPSA) is 30.0 Å². The molecule has 1 aromatic heterocycles. The summed E-state index contributed by atoms with van der Waals surface area (Å²) >= 11 is 0. The minimum absolute atomic E-state index is 0. The summed E-state index contributed by atoms with van der Waals surface area (Å²) in [6, 6.07) is 14.4. The Labute approximate surface area is 112 Å². The fourth-order valence-corrected chi connectivity index (χ4v) is 1.35. The van der Waals surface area contributed by atoms with E-state index in [1.807, 2.05) is 0 Å². The van der Waals surface area contributed by atoms with Crippen molar-refractivity contribution in [3.8, 4) is 0 Å². The molecular formula is C13H9FIrNO-. The third-order valence-corrected chi connectivity index (χ3v) is 2.13. The number of aromatic nitrogens is 1. The fourth-order valence-electron chi connectivity index (χ4n) is 1.35. The van der Waals surface area contributed by atoms with Gasteiger partial charge in [-0.2, -0.15) is 0 Å². The van der Waals surface area contributed by atoms with Crippen molar-refractivity contribution < 1.29 is 29.3 Å². The summed E-state index contributed by atoms with van der Waals surface area (Å²) in [4.78, 5) is 15.8. The van der Waals surface area contributed by atoms with Crippen LogP contribution in [0.5, 0.6) is 0 Å². The van der Waals surface area contributed by atoms with Gasteiger partial charge in [-0.05, 0) is 12.1 Å². The van der Waals surface area contributed by atoms with Gasteiger partial charge >= 0.3 is 0 Å². The molecule has 0 amide bonds. The van der Waals surface area contributed by atoms with Crippen LogP contribution in [-0.2, 0) is 26.8 Å². The van der Waals surface area contributed by atoms with Gasteiger partial charge in [-0.25, -0.2) is 4.39 Å². The summed E-state index contributed by atoms with van der Waals surface area (Å²) in [5, 5.41) is 0. The molecular weight excluding hydrogens is 397 g/mol. The largest absolute Gasteiger partial charge is 0.345 e. The second kappa shape index (κ2) is 6.38. The predicted molar refractivity (Wildman–Crippen MR) is 57.8 cm³/mol. The fraction of sp³-hybridized carbons (Fsp3) is 0.0769. The molecule has 2 nitrogen and oxygen atoms in total. The summed E-state index contributed by atoms with van der Waals surface area (Å²) in [5.74, 6) is -0.240. The number of alkyl halides is 1. The first kappa shape index (κ1) is 13.7. The Hall–Kier alpha value is -1.38. The second-order valence-corrected chi connectivity index (χ2v) is 3.25. The molecule has 0 saturated carbocycles. The molecule has 2 aromatic rings. The van der Waals surface area contributed by atoms with Crippen LogP contribution in [0.1, 0.15) is 21.7 Å². The van der Waals surface area contributed by atoms with Gasteiger partial charge in [0.1, 0.15) is 12.5 Å². The summed E-state index contributed by atoms with van der Waals surface area (Å²) in [6.07, 6.45) is 0. The Balaban J connectivity index is 0.00000144. The molecule has 1 aromatic carbocycles. The molecule has 0 spiro atoms. The SMILES string of the molecule is O=C(c1[c-]cccc1)c1cccc(CF)n1.[Ir]. The van der Waals surface area contributed by atoms with E-state index in [9.17, 15) is 9.18 Å². The molecule has 0 N–H and O–H groups in total. The zero-order valence-corrected chi connectivity index (χ0v) is 11.2. The van der Waals surface area contributed by atoms with Gasteiger partial charge in [0.15, 0.2) is 0 Å². The molecule has 0 bridgehead atoms. The molecule has 0 fully saturated rings. The number of ketones is 1. The quantitative estimate of drug-likeness (QED) is 0.579. The van der Waals surface area contributed by atoms with Gasteiger partial charge in [-0.1, -0.05) is 6.07 Å². The summed E-state index contributed by atoms with van der Waals surface area (Å²) < 4.78 is 12.4. The van der Waals surface area contributed by atoms with Crippen LogP contribution >= 0.6 is 0 Å². The summed E-state index contributed by atoms with van der Waals surface area (Å²) in [5.41, 5.74) is 0.949. The second-order valence-electron chi connectivity index (χ2n) is 3.25. The van der Waals surface area contributed by atoms with E-state index in [0.717, 1.165) is 0 Å². The summed E-state index contributed by atoms with van der Waals surface area (Å²) in [6.45, 7) is -0.667. The van der Waals surface area contributed by atoms with Crippen LogP contribution in [-0.4, -0.2) is 10.8 Å². The van der Waals surface area contributed by atoms with Gasteiger partial charge in [0.05, 0.1) is 11.4 Å². The smallest absolute Gasteiger partial charge is 0.131 e. The van der Waals surface area contributed by atoms with E-state index in [4.69, 9.17) is 0 Å². The maximum Gasteiger partial charge on any atom is 0.131 e. The predicted octanol–water partition coefficient (Wildman–Crippen LogP) is 2.58. The molecule has 4 heteroatoms. The minimum Gasteiger partial charge on any atom is -0.345 e.